The fourth-order valence-corrected chi connectivity index (χ4v) is 3.80. The standard InChI is InChI=1S/C21H27N7/c1-15-6-4-8-22-20(15)25-19-10-16(2)24-21(26-19)18-7-5-9-28(14-18)13-17-11-23-27(3)12-17/h4,6,8,10-12,18H,5,7,9,13-14H2,1-3H3,(H,22,24,25,26)/t18-/m1/s1. The third-order valence-electron chi connectivity index (χ3n) is 5.16. The summed E-state index contributed by atoms with van der Waals surface area (Å²) in [5.74, 6) is 2.92. The number of likely N-dealkylation sites (tertiary alicyclic amines) is 1. The van der Waals surface area contributed by atoms with Crippen molar-refractivity contribution >= 4 is 11.6 Å². The Kier molecular flexibility index (Phi) is 5.34. The van der Waals surface area contributed by atoms with Crippen LogP contribution in [0.1, 0.15) is 41.4 Å². The summed E-state index contributed by atoms with van der Waals surface area (Å²) in [5.41, 5.74) is 3.33. The molecule has 1 aliphatic heterocycles. The van der Waals surface area contributed by atoms with E-state index >= 15 is 0 Å². The molecule has 1 saturated heterocycles. The number of aromatic nitrogens is 5. The minimum Gasteiger partial charge on any atom is -0.325 e. The van der Waals surface area contributed by atoms with Gasteiger partial charge in [0, 0.05) is 55.8 Å². The second-order valence-corrected chi connectivity index (χ2v) is 7.64. The molecule has 7 heteroatoms. The lowest BCUT2D eigenvalue weighted by atomic mass is 9.96. The molecule has 7 nitrogen and oxygen atoms in total. The van der Waals surface area contributed by atoms with Gasteiger partial charge in [-0.1, -0.05) is 6.07 Å². The van der Waals surface area contributed by atoms with Gasteiger partial charge in [-0.15, -0.1) is 0 Å². The van der Waals surface area contributed by atoms with Crippen LogP contribution in [0.3, 0.4) is 0 Å². The molecule has 1 atom stereocenters. The monoisotopic (exact) mass is 377 g/mol. The molecule has 0 aromatic carbocycles. The maximum Gasteiger partial charge on any atom is 0.135 e. The van der Waals surface area contributed by atoms with Crippen LogP contribution < -0.4 is 5.32 Å². The summed E-state index contributed by atoms with van der Waals surface area (Å²) in [5, 5.41) is 7.64. The quantitative estimate of drug-likeness (QED) is 0.735. The highest BCUT2D eigenvalue weighted by molar-refractivity contribution is 5.55. The molecule has 146 valence electrons. The van der Waals surface area contributed by atoms with Crippen molar-refractivity contribution in [2.24, 2.45) is 7.05 Å². The second kappa shape index (κ2) is 8.06. The van der Waals surface area contributed by atoms with Crippen molar-refractivity contribution in [1.29, 1.82) is 0 Å². The number of aryl methyl sites for hydroxylation is 3. The lowest BCUT2D eigenvalue weighted by Crippen LogP contribution is -2.34. The van der Waals surface area contributed by atoms with Crippen LogP contribution in [-0.4, -0.2) is 42.7 Å². The smallest absolute Gasteiger partial charge is 0.135 e. The molecule has 1 fully saturated rings. The van der Waals surface area contributed by atoms with E-state index in [0.717, 1.165) is 61.2 Å². The van der Waals surface area contributed by atoms with Gasteiger partial charge in [-0.3, -0.25) is 9.58 Å². The van der Waals surface area contributed by atoms with Crippen molar-refractivity contribution in [2.75, 3.05) is 18.4 Å². The molecule has 0 amide bonds. The van der Waals surface area contributed by atoms with Crippen LogP contribution in [0.2, 0.25) is 0 Å². The fraction of sp³-hybridized carbons (Fsp3) is 0.429. The average molecular weight is 377 g/mol. The fourth-order valence-electron chi connectivity index (χ4n) is 3.80. The zero-order valence-electron chi connectivity index (χ0n) is 16.8. The van der Waals surface area contributed by atoms with E-state index in [1.807, 2.05) is 50.0 Å². The molecule has 3 aromatic heterocycles. The maximum atomic E-state index is 4.83. The predicted octanol–water partition coefficient (Wildman–Crippen LogP) is 3.35. The van der Waals surface area contributed by atoms with Crippen molar-refractivity contribution in [3.8, 4) is 0 Å². The molecule has 28 heavy (non-hydrogen) atoms. The van der Waals surface area contributed by atoms with Gasteiger partial charge in [-0.2, -0.15) is 5.10 Å². The van der Waals surface area contributed by atoms with Crippen LogP contribution in [-0.2, 0) is 13.6 Å². The van der Waals surface area contributed by atoms with Gasteiger partial charge < -0.3 is 5.32 Å². The van der Waals surface area contributed by atoms with E-state index in [1.54, 1.807) is 6.20 Å². The molecular weight excluding hydrogens is 350 g/mol. The summed E-state index contributed by atoms with van der Waals surface area (Å²) >= 11 is 0. The Hall–Kier alpha value is -2.80. The van der Waals surface area contributed by atoms with Crippen LogP contribution in [0.15, 0.2) is 36.8 Å². The summed E-state index contributed by atoms with van der Waals surface area (Å²) in [4.78, 5) is 16.5. The van der Waals surface area contributed by atoms with E-state index in [0.29, 0.717) is 5.92 Å². The van der Waals surface area contributed by atoms with E-state index in [1.165, 1.54) is 5.56 Å². The van der Waals surface area contributed by atoms with Crippen LogP contribution in [0, 0.1) is 13.8 Å². The van der Waals surface area contributed by atoms with Gasteiger partial charge in [0.1, 0.15) is 17.5 Å². The Morgan fingerprint density at radius 3 is 2.93 bits per heavy atom. The highest BCUT2D eigenvalue weighted by Crippen LogP contribution is 2.27. The number of piperidine rings is 1. The number of anilines is 2. The molecule has 1 N–H and O–H groups in total. The maximum absolute atomic E-state index is 4.83. The van der Waals surface area contributed by atoms with E-state index in [-0.39, 0.29) is 0 Å². The first-order valence-electron chi connectivity index (χ1n) is 9.81. The van der Waals surface area contributed by atoms with Gasteiger partial charge >= 0.3 is 0 Å². The van der Waals surface area contributed by atoms with Gasteiger partial charge in [-0.05, 0) is 44.9 Å². The van der Waals surface area contributed by atoms with Crippen LogP contribution >= 0.6 is 0 Å². The summed E-state index contributed by atoms with van der Waals surface area (Å²) < 4.78 is 1.86. The lowest BCUT2D eigenvalue weighted by Gasteiger charge is -2.31. The highest BCUT2D eigenvalue weighted by atomic mass is 15.2. The minimum absolute atomic E-state index is 0.343. The molecule has 0 bridgehead atoms. The SMILES string of the molecule is Cc1cc(Nc2ncccc2C)nc([C@@H]2CCCN(Cc3cnn(C)c3)C2)n1. The Balaban J connectivity index is 1.50. The number of nitrogens with one attached hydrogen (secondary N) is 1. The molecule has 0 spiro atoms. The molecular formula is C21H27N7. The Morgan fingerprint density at radius 2 is 2.14 bits per heavy atom. The molecule has 4 rings (SSSR count). The van der Waals surface area contributed by atoms with Gasteiger partial charge in [0.25, 0.3) is 0 Å². The summed E-state index contributed by atoms with van der Waals surface area (Å²) in [6.07, 6.45) is 8.11. The van der Waals surface area contributed by atoms with E-state index in [2.05, 4.69) is 26.5 Å². The van der Waals surface area contributed by atoms with Gasteiger partial charge in [0.05, 0.1) is 6.20 Å². The Labute approximate surface area is 165 Å². The number of hydrogen-bond acceptors (Lipinski definition) is 6. The number of pyridine rings is 1. The first-order chi connectivity index (χ1) is 13.6. The summed E-state index contributed by atoms with van der Waals surface area (Å²) in [7, 11) is 1.96. The lowest BCUT2D eigenvalue weighted by molar-refractivity contribution is 0.196. The average Bonchev–Trinajstić information content (AvgIpc) is 3.08. The number of hydrogen-bond donors (Lipinski definition) is 1. The first kappa shape index (κ1) is 18.6. The third-order valence-corrected chi connectivity index (χ3v) is 5.16. The van der Waals surface area contributed by atoms with Crippen LogP contribution in [0.25, 0.3) is 0 Å². The largest absolute Gasteiger partial charge is 0.325 e. The van der Waals surface area contributed by atoms with Crippen molar-refractivity contribution < 1.29 is 0 Å². The summed E-state index contributed by atoms with van der Waals surface area (Å²) in [6, 6.07) is 5.96. The molecule has 0 aliphatic carbocycles. The van der Waals surface area contributed by atoms with Gasteiger partial charge in [-0.25, -0.2) is 15.0 Å². The Bertz CT molecular complexity index is 949. The molecule has 0 radical (unpaired) electrons. The van der Waals surface area contributed by atoms with Gasteiger partial charge in [0.2, 0.25) is 0 Å². The van der Waals surface area contributed by atoms with Crippen molar-refractivity contribution in [3.05, 3.63) is 59.4 Å². The number of nitrogens with zero attached hydrogens (tertiary/aromatic N) is 6. The van der Waals surface area contributed by atoms with Crippen molar-refractivity contribution in [2.45, 2.75) is 39.2 Å². The summed E-state index contributed by atoms with van der Waals surface area (Å²) in [6.45, 7) is 7.07. The molecule has 3 aromatic rings. The second-order valence-electron chi connectivity index (χ2n) is 7.64. The van der Waals surface area contributed by atoms with E-state index < -0.39 is 0 Å². The predicted molar refractivity (Wildman–Crippen MR) is 109 cm³/mol. The minimum atomic E-state index is 0.343. The molecule has 4 heterocycles. The van der Waals surface area contributed by atoms with E-state index in [4.69, 9.17) is 9.97 Å². The van der Waals surface area contributed by atoms with Crippen molar-refractivity contribution in [3.63, 3.8) is 0 Å². The topological polar surface area (TPSA) is 71.8 Å². The van der Waals surface area contributed by atoms with Gasteiger partial charge in [0.15, 0.2) is 0 Å². The zero-order chi connectivity index (χ0) is 19.5. The Morgan fingerprint density at radius 1 is 1.25 bits per heavy atom. The van der Waals surface area contributed by atoms with Crippen LogP contribution in [0.5, 0.6) is 0 Å². The highest BCUT2D eigenvalue weighted by Gasteiger charge is 2.24. The first-order valence-corrected chi connectivity index (χ1v) is 9.81. The molecule has 1 aliphatic rings. The normalized spacial score (nSPS) is 17.6. The third kappa shape index (κ3) is 4.36. The molecule has 0 saturated carbocycles. The van der Waals surface area contributed by atoms with Crippen molar-refractivity contribution in [1.82, 2.24) is 29.6 Å². The number of rotatable bonds is 5. The zero-order valence-corrected chi connectivity index (χ0v) is 16.8. The molecule has 0 unspecified atom stereocenters. The van der Waals surface area contributed by atoms with Crippen LogP contribution in [0.4, 0.5) is 11.6 Å². The van der Waals surface area contributed by atoms with E-state index in [9.17, 15) is 0 Å².